The standard InChI is InChI=1S/C13H19NO3/c1-9-5-4-6-10(2)12(9)17-8-7-11(14-3)13(15)16/h4-6,11,14H,7-8H2,1-3H3,(H,15,16). The lowest BCUT2D eigenvalue weighted by molar-refractivity contribution is -0.139. The van der Waals surface area contributed by atoms with E-state index in [2.05, 4.69) is 5.32 Å². The number of carboxylic acid groups (broad SMARTS) is 1. The van der Waals surface area contributed by atoms with E-state index in [1.54, 1.807) is 7.05 Å². The van der Waals surface area contributed by atoms with Gasteiger partial charge in [0.1, 0.15) is 11.8 Å². The predicted molar refractivity (Wildman–Crippen MR) is 66.5 cm³/mol. The molecule has 0 radical (unpaired) electrons. The maximum Gasteiger partial charge on any atom is 0.320 e. The zero-order chi connectivity index (χ0) is 12.8. The molecule has 94 valence electrons. The van der Waals surface area contributed by atoms with Crippen molar-refractivity contribution in [3.63, 3.8) is 0 Å². The number of aliphatic carboxylic acids is 1. The Labute approximate surface area is 102 Å². The van der Waals surface area contributed by atoms with Crippen molar-refractivity contribution in [2.45, 2.75) is 26.3 Å². The lowest BCUT2D eigenvalue weighted by atomic mass is 10.1. The van der Waals surface area contributed by atoms with Crippen LogP contribution in [0.1, 0.15) is 17.5 Å². The smallest absolute Gasteiger partial charge is 0.320 e. The van der Waals surface area contributed by atoms with Gasteiger partial charge in [0.15, 0.2) is 0 Å². The van der Waals surface area contributed by atoms with E-state index in [-0.39, 0.29) is 0 Å². The molecule has 1 unspecified atom stereocenters. The van der Waals surface area contributed by atoms with Gasteiger partial charge in [0.05, 0.1) is 6.61 Å². The van der Waals surface area contributed by atoms with Gasteiger partial charge >= 0.3 is 5.97 Å². The van der Waals surface area contributed by atoms with Gasteiger partial charge in [-0.05, 0) is 32.0 Å². The molecule has 2 N–H and O–H groups in total. The maximum absolute atomic E-state index is 10.8. The topological polar surface area (TPSA) is 58.6 Å². The Morgan fingerprint density at radius 3 is 2.47 bits per heavy atom. The van der Waals surface area contributed by atoms with Crippen LogP contribution in [0.2, 0.25) is 0 Å². The number of likely N-dealkylation sites (N-methyl/N-ethyl adjacent to an activating group) is 1. The Hall–Kier alpha value is -1.55. The summed E-state index contributed by atoms with van der Waals surface area (Å²) in [6, 6.07) is 5.38. The summed E-state index contributed by atoms with van der Waals surface area (Å²) in [7, 11) is 1.64. The molecule has 17 heavy (non-hydrogen) atoms. The molecular weight excluding hydrogens is 218 g/mol. The van der Waals surface area contributed by atoms with Crippen LogP contribution >= 0.6 is 0 Å². The Kier molecular flexibility index (Phi) is 4.97. The molecule has 4 nitrogen and oxygen atoms in total. The zero-order valence-corrected chi connectivity index (χ0v) is 10.5. The molecule has 0 amide bonds. The van der Waals surface area contributed by atoms with Crippen LogP contribution < -0.4 is 10.1 Å². The first-order valence-electron chi connectivity index (χ1n) is 5.65. The average molecular weight is 237 g/mol. The Balaban J connectivity index is 2.54. The summed E-state index contributed by atoms with van der Waals surface area (Å²) in [5, 5.41) is 11.6. The van der Waals surface area contributed by atoms with Crippen molar-refractivity contribution in [1.29, 1.82) is 0 Å². The SMILES string of the molecule is CNC(CCOc1c(C)cccc1C)C(=O)O. The summed E-state index contributed by atoms with van der Waals surface area (Å²) >= 11 is 0. The van der Waals surface area contributed by atoms with Crippen molar-refractivity contribution in [3.05, 3.63) is 29.3 Å². The number of benzene rings is 1. The van der Waals surface area contributed by atoms with Crippen molar-refractivity contribution < 1.29 is 14.6 Å². The molecule has 0 saturated heterocycles. The molecule has 0 fully saturated rings. The maximum atomic E-state index is 10.8. The highest BCUT2D eigenvalue weighted by atomic mass is 16.5. The van der Waals surface area contributed by atoms with E-state index < -0.39 is 12.0 Å². The number of para-hydroxylation sites is 1. The first-order chi connectivity index (χ1) is 8.06. The Bertz CT molecular complexity index is 370. The molecule has 1 rings (SSSR count). The minimum absolute atomic E-state index is 0.392. The van der Waals surface area contributed by atoms with E-state index in [1.165, 1.54) is 0 Å². The second-order valence-electron chi connectivity index (χ2n) is 4.04. The first-order valence-corrected chi connectivity index (χ1v) is 5.65. The van der Waals surface area contributed by atoms with E-state index in [0.29, 0.717) is 13.0 Å². The van der Waals surface area contributed by atoms with Crippen LogP contribution in [-0.2, 0) is 4.79 Å². The van der Waals surface area contributed by atoms with Crippen molar-refractivity contribution in [3.8, 4) is 5.75 Å². The third-order valence-corrected chi connectivity index (χ3v) is 2.71. The highest BCUT2D eigenvalue weighted by Crippen LogP contribution is 2.22. The van der Waals surface area contributed by atoms with E-state index in [9.17, 15) is 4.79 Å². The van der Waals surface area contributed by atoms with E-state index in [0.717, 1.165) is 16.9 Å². The van der Waals surface area contributed by atoms with Crippen molar-refractivity contribution in [2.75, 3.05) is 13.7 Å². The van der Waals surface area contributed by atoms with Crippen LogP contribution in [0.4, 0.5) is 0 Å². The fourth-order valence-corrected chi connectivity index (χ4v) is 1.70. The highest BCUT2D eigenvalue weighted by Gasteiger charge is 2.14. The first kappa shape index (κ1) is 13.5. The second-order valence-corrected chi connectivity index (χ2v) is 4.04. The molecule has 1 atom stereocenters. The summed E-state index contributed by atoms with van der Waals surface area (Å²) in [6.07, 6.45) is 0.444. The molecule has 1 aromatic carbocycles. The minimum atomic E-state index is -0.849. The quantitative estimate of drug-likeness (QED) is 0.791. The lowest BCUT2D eigenvalue weighted by Crippen LogP contribution is -2.35. The van der Waals surface area contributed by atoms with Crippen molar-refractivity contribution in [2.24, 2.45) is 0 Å². The van der Waals surface area contributed by atoms with Crippen LogP contribution in [0.25, 0.3) is 0 Å². The van der Waals surface area contributed by atoms with Crippen LogP contribution in [0.5, 0.6) is 5.75 Å². The van der Waals surface area contributed by atoms with Crippen molar-refractivity contribution >= 4 is 5.97 Å². The highest BCUT2D eigenvalue weighted by molar-refractivity contribution is 5.73. The zero-order valence-electron chi connectivity index (χ0n) is 10.5. The molecule has 0 saturated carbocycles. The van der Waals surface area contributed by atoms with Crippen LogP contribution in [-0.4, -0.2) is 30.8 Å². The minimum Gasteiger partial charge on any atom is -0.493 e. The summed E-state index contributed by atoms with van der Waals surface area (Å²) < 4.78 is 5.65. The number of hydrogen-bond acceptors (Lipinski definition) is 3. The van der Waals surface area contributed by atoms with Crippen LogP contribution in [0.3, 0.4) is 0 Å². The van der Waals surface area contributed by atoms with Crippen LogP contribution in [0.15, 0.2) is 18.2 Å². The molecular formula is C13H19NO3. The van der Waals surface area contributed by atoms with Gasteiger partial charge < -0.3 is 15.2 Å². The molecule has 4 heteroatoms. The normalized spacial score (nSPS) is 12.2. The summed E-state index contributed by atoms with van der Waals surface area (Å²) in [5.41, 5.74) is 2.14. The molecule has 1 aromatic rings. The van der Waals surface area contributed by atoms with Crippen LogP contribution in [0, 0.1) is 13.8 Å². The predicted octanol–water partition coefficient (Wildman–Crippen LogP) is 1.74. The lowest BCUT2D eigenvalue weighted by Gasteiger charge is -2.14. The molecule has 0 aliphatic rings. The molecule has 0 aromatic heterocycles. The molecule has 0 aliphatic carbocycles. The van der Waals surface area contributed by atoms with Gasteiger partial charge in [-0.3, -0.25) is 4.79 Å². The Morgan fingerprint density at radius 1 is 1.41 bits per heavy atom. The summed E-state index contributed by atoms with van der Waals surface area (Å²) in [5.74, 6) is 0.00495. The third kappa shape index (κ3) is 3.75. The number of carbonyl (C=O) groups is 1. The van der Waals surface area contributed by atoms with Gasteiger partial charge in [0.25, 0.3) is 0 Å². The number of ether oxygens (including phenoxy) is 1. The van der Waals surface area contributed by atoms with E-state index in [4.69, 9.17) is 9.84 Å². The van der Waals surface area contributed by atoms with E-state index >= 15 is 0 Å². The molecule has 0 heterocycles. The molecule has 0 spiro atoms. The largest absolute Gasteiger partial charge is 0.493 e. The number of rotatable bonds is 6. The van der Waals surface area contributed by atoms with Gasteiger partial charge in [-0.2, -0.15) is 0 Å². The van der Waals surface area contributed by atoms with E-state index in [1.807, 2.05) is 32.0 Å². The number of aryl methyl sites for hydroxylation is 2. The van der Waals surface area contributed by atoms with Gasteiger partial charge in [-0.25, -0.2) is 0 Å². The monoisotopic (exact) mass is 237 g/mol. The average Bonchev–Trinajstić information content (AvgIpc) is 2.27. The Morgan fingerprint density at radius 2 is 2.00 bits per heavy atom. The van der Waals surface area contributed by atoms with Gasteiger partial charge in [0, 0.05) is 6.42 Å². The third-order valence-electron chi connectivity index (χ3n) is 2.71. The fraction of sp³-hybridized carbons (Fsp3) is 0.462. The van der Waals surface area contributed by atoms with Gasteiger partial charge in [-0.1, -0.05) is 18.2 Å². The van der Waals surface area contributed by atoms with Crippen molar-refractivity contribution in [1.82, 2.24) is 5.32 Å². The number of carboxylic acids is 1. The number of nitrogens with one attached hydrogen (secondary N) is 1. The molecule has 0 bridgehead atoms. The second kappa shape index (κ2) is 6.25. The van der Waals surface area contributed by atoms with Gasteiger partial charge in [0.2, 0.25) is 0 Å². The molecule has 0 aliphatic heterocycles. The summed E-state index contributed by atoms with van der Waals surface area (Å²) in [6.45, 7) is 4.35. The summed E-state index contributed by atoms with van der Waals surface area (Å²) in [4.78, 5) is 10.8. The fourth-order valence-electron chi connectivity index (χ4n) is 1.70. The van der Waals surface area contributed by atoms with Gasteiger partial charge in [-0.15, -0.1) is 0 Å². The number of hydrogen-bond donors (Lipinski definition) is 2.